The lowest BCUT2D eigenvalue weighted by Crippen LogP contribution is -2.08. The predicted octanol–water partition coefficient (Wildman–Crippen LogP) is 5.67. The van der Waals surface area contributed by atoms with Crippen LogP contribution < -0.4 is 4.74 Å². The van der Waals surface area contributed by atoms with Crippen LogP contribution in [0.25, 0.3) is 11.1 Å². The summed E-state index contributed by atoms with van der Waals surface area (Å²) >= 11 is 0. The van der Waals surface area contributed by atoms with Crippen molar-refractivity contribution in [1.29, 1.82) is 0 Å². The molecule has 1 aliphatic rings. The van der Waals surface area contributed by atoms with Gasteiger partial charge in [0.15, 0.2) is 0 Å². The molecule has 1 saturated carbocycles. The van der Waals surface area contributed by atoms with Gasteiger partial charge in [0.05, 0.1) is 7.11 Å². The van der Waals surface area contributed by atoms with Crippen LogP contribution in [0.5, 0.6) is 5.75 Å². The van der Waals surface area contributed by atoms with Crippen molar-refractivity contribution in [2.24, 2.45) is 0 Å². The summed E-state index contributed by atoms with van der Waals surface area (Å²) < 4.78 is 9.87. The first kappa shape index (κ1) is 17.6. The zero-order valence-electron chi connectivity index (χ0n) is 14.5. The Morgan fingerprint density at radius 3 is 1.78 bits per heavy atom. The van der Waals surface area contributed by atoms with Crippen LogP contribution in [0.1, 0.15) is 44.1 Å². The van der Waals surface area contributed by atoms with E-state index < -0.39 is 0 Å². The fourth-order valence-corrected chi connectivity index (χ4v) is 2.68. The number of ether oxygens (including phenoxy) is 2. The summed E-state index contributed by atoms with van der Waals surface area (Å²) in [5, 5.41) is 0. The Balaban J connectivity index is 0.000000338. The molecular formula is C21H28O2. The number of hydrogen-bond acceptors (Lipinski definition) is 2. The van der Waals surface area contributed by atoms with Gasteiger partial charge in [0, 0.05) is 13.7 Å². The lowest BCUT2D eigenvalue weighted by Gasteiger charge is -2.25. The summed E-state index contributed by atoms with van der Waals surface area (Å²) in [5.74, 6) is 1.72. The van der Waals surface area contributed by atoms with E-state index in [1.165, 1.54) is 36.0 Å². The Hall–Kier alpha value is -1.80. The average Bonchev–Trinajstić information content (AvgIpc) is 2.55. The van der Waals surface area contributed by atoms with Gasteiger partial charge in [-0.1, -0.05) is 49.7 Å². The van der Waals surface area contributed by atoms with E-state index in [9.17, 15) is 0 Å². The standard InChI is InChI=1S/C17H18O.C4H10O/c1-18-17-11-9-16(10-12-17)15-7-5-14(6-8-15)13-3-2-4-13;1-3-4-5-2/h5-13H,2-4H2,1H3;3-4H2,1-2H3. The van der Waals surface area contributed by atoms with Crippen molar-refractivity contribution in [2.45, 2.75) is 38.5 Å². The fraction of sp³-hybridized carbons (Fsp3) is 0.429. The maximum absolute atomic E-state index is 5.18. The van der Waals surface area contributed by atoms with Crippen molar-refractivity contribution >= 4 is 0 Å². The highest BCUT2D eigenvalue weighted by Gasteiger charge is 2.18. The van der Waals surface area contributed by atoms with Crippen LogP contribution in [-0.4, -0.2) is 20.8 Å². The van der Waals surface area contributed by atoms with Crippen LogP contribution in [0, 0.1) is 0 Å². The number of hydrogen-bond donors (Lipinski definition) is 0. The molecular weight excluding hydrogens is 284 g/mol. The molecule has 0 bridgehead atoms. The molecule has 124 valence electrons. The maximum atomic E-state index is 5.18. The minimum Gasteiger partial charge on any atom is -0.497 e. The van der Waals surface area contributed by atoms with Crippen molar-refractivity contribution in [2.75, 3.05) is 20.8 Å². The molecule has 2 nitrogen and oxygen atoms in total. The summed E-state index contributed by atoms with van der Waals surface area (Å²) in [6, 6.07) is 17.3. The second kappa shape index (κ2) is 9.36. The van der Waals surface area contributed by atoms with E-state index in [1.807, 2.05) is 12.1 Å². The van der Waals surface area contributed by atoms with Crippen LogP contribution in [0.3, 0.4) is 0 Å². The summed E-state index contributed by atoms with van der Waals surface area (Å²) in [5.41, 5.74) is 4.02. The van der Waals surface area contributed by atoms with Crippen molar-refractivity contribution < 1.29 is 9.47 Å². The van der Waals surface area contributed by atoms with E-state index in [0.29, 0.717) is 0 Å². The largest absolute Gasteiger partial charge is 0.497 e. The number of rotatable bonds is 5. The van der Waals surface area contributed by atoms with Gasteiger partial charge in [-0.2, -0.15) is 0 Å². The van der Waals surface area contributed by atoms with Crippen LogP contribution in [0.2, 0.25) is 0 Å². The maximum Gasteiger partial charge on any atom is 0.118 e. The van der Waals surface area contributed by atoms with Crippen molar-refractivity contribution in [3.63, 3.8) is 0 Å². The molecule has 2 aromatic carbocycles. The van der Waals surface area contributed by atoms with Gasteiger partial charge in [-0.25, -0.2) is 0 Å². The van der Waals surface area contributed by atoms with Gasteiger partial charge < -0.3 is 9.47 Å². The molecule has 1 aliphatic carbocycles. The molecule has 0 spiro atoms. The Morgan fingerprint density at radius 2 is 1.43 bits per heavy atom. The van der Waals surface area contributed by atoms with Crippen molar-refractivity contribution in [3.05, 3.63) is 54.1 Å². The highest BCUT2D eigenvalue weighted by Crippen LogP contribution is 2.37. The second-order valence-electron chi connectivity index (χ2n) is 5.97. The molecule has 0 N–H and O–H groups in total. The molecule has 23 heavy (non-hydrogen) atoms. The Labute approximate surface area is 140 Å². The monoisotopic (exact) mass is 312 g/mol. The van der Waals surface area contributed by atoms with Gasteiger partial charge in [0.2, 0.25) is 0 Å². The third-order valence-electron chi connectivity index (χ3n) is 4.32. The van der Waals surface area contributed by atoms with Gasteiger partial charge in [-0.15, -0.1) is 0 Å². The second-order valence-corrected chi connectivity index (χ2v) is 5.97. The SMILES string of the molecule is CCCOC.COc1ccc(-c2ccc(C3CCC3)cc2)cc1. The predicted molar refractivity (Wildman–Crippen MR) is 97.2 cm³/mol. The third-order valence-corrected chi connectivity index (χ3v) is 4.32. The number of methoxy groups -OCH3 is 2. The molecule has 0 radical (unpaired) electrons. The topological polar surface area (TPSA) is 18.5 Å². The molecule has 2 heteroatoms. The highest BCUT2D eigenvalue weighted by atomic mass is 16.5. The molecule has 0 aromatic heterocycles. The summed E-state index contributed by atoms with van der Waals surface area (Å²) in [7, 11) is 3.41. The summed E-state index contributed by atoms with van der Waals surface area (Å²) in [6.45, 7) is 2.98. The quantitative estimate of drug-likeness (QED) is 0.708. The minimum absolute atomic E-state index is 0.815. The summed E-state index contributed by atoms with van der Waals surface area (Å²) in [6.07, 6.45) is 5.24. The van der Waals surface area contributed by atoms with Gasteiger partial charge in [0.1, 0.15) is 5.75 Å². The van der Waals surface area contributed by atoms with Gasteiger partial charge >= 0.3 is 0 Å². The zero-order chi connectivity index (χ0) is 16.5. The molecule has 0 unspecified atom stereocenters. The molecule has 2 aromatic rings. The Bertz CT molecular complexity index is 551. The van der Waals surface area contributed by atoms with Gasteiger partial charge in [-0.3, -0.25) is 0 Å². The smallest absolute Gasteiger partial charge is 0.118 e. The van der Waals surface area contributed by atoms with Crippen LogP contribution >= 0.6 is 0 Å². The molecule has 0 saturated heterocycles. The molecule has 1 fully saturated rings. The first-order valence-electron chi connectivity index (χ1n) is 8.51. The first-order valence-corrected chi connectivity index (χ1v) is 8.51. The van der Waals surface area contributed by atoms with E-state index in [2.05, 4.69) is 43.3 Å². The normalized spacial score (nSPS) is 13.7. The third kappa shape index (κ3) is 5.11. The lowest BCUT2D eigenvalue weighted by molar-refractivity contribution is 0.199. The molecule has 3 rings (SSSR count). The molecule has 0 aliphatic heterocycles. The van der Waals surface area contributed by atoms with E-state index in [0.717, 1.165) is 24.7 Å². The zero-order valence-corrected chi connectivity index (χ0v) is 14.5. The van der Waals surface area contributed by atoms with Crippen molar-refractivity contribution in [3.8, 4) is 16.9 Å². The lowest BCUT2D eigenvalue weighted by atomic mass is 9.80. The van der Waals surface area contributed by atoms with E-state index in [-0.39, 0.29) is 0 Å². The highest BCUT2D eigenvalue weighted by molar-refractivity contribution is 5.64. The van der Waals surface area contributed by atoms with E-state index >= 15 is 0 Å². The fourth-order valence-electron chi connectivity index (χ4n) is 2.68. The molecule has 0 amide bonds. The van der Waals surface area contributed by atoms with Crippen LogP contribution in [0.4, 0.5) is 0 Å². The average molecular weight is 312 g/mol. The van der Waals surface area contributed by atoms with E-state index in [4.69, 9.17) is 9.47 Å². The van der Waals surface area contributed by atoms with Gasteiger partial charge in [-0.05, 0) is 54.0 Å². The van der Waals surface area contributed by atoms with Crippen LogP contribution in [0.15, 0.2) is 48.5 Å². The number of benzene rings is 2. The first-order chi connectivity index (χ1) is 11.3. The summed E-state index contributed by atoms with van der Waals surface area (Å²) in [4.78, 5) is 0. The van der Waals surface area contributed by atoms with Gasteiger partial charge in [0.25, 0.3) is 0 Å². The van der Waals surface area contributed by atoms with Crippen LogP contribution in [-0.2, 0) is 4.74 Å². The molecule has 0 atom stereocenters. The minimum atomic E-state index is 0.815. The Morgan fingerprint density at radius 1 is 0.870 bits per heavy atom. The Kier molecular flexibility index (Phi) is 7.15. The van der Waals surface area contributed by atoms with E-state index in [1.54, 1.807) is 14.2 Å². The molecule has 0 heterocycles. The van der Waals surface area contributed by atoms with Crippen molar-refractivity contribution in [1.82, 2.24) is 0 Å².